The summed E-state index contributed by atoms with van der Waals surface area (Å²) in [6.07, 6.45) is 1.73. The van der Waals surface area contributed by atoms with Crippen LogP contribution in [0, 0.1) is 5.82 Å². The summed E-state index contributed by atoms with van der Waals surface area (Å²) < 4.78 is 20.7. The molecule has 0 saturated carbocycles. The van der Waals surface area contributed by atoms with Crippen LogP contribution in [0.5, 0.6) is 0 Å². The molecule has 1 unspecified atom stereocenters. The molecule has 3 aromatic rings. The van der Waals surface area contributed by atoms with E-state index in [0.29, 0.717) is 11.7 Å². The molecule has 0 aliphatic carbocycles. The van der Waals surface area contributed by atoms with E-state index in [9.17, 15) is 4.39 Å². The maximum Gasteiger partial charge on any atom is 0.261 e. The first-order valence-corrected chi connectivity index (χ1v) is 9.13. The molecule has 0 radical (unpaired) electrons. The molecule has 7 nitrogen and oxygen atoms in total. The number of halogens is 1. The van der Waals surface area contributed by atoms with Gasteiger partial charge in [-0.2, -0.15) is 10.1 Å². The summed E-state index contributed by atoms with van der Waals surface area (Å²) >= 11 is 0. The summed E-state index contributed by atoms with van der Waals surface area (Å²) in [6, 6.07) is 6.36. The molecule has 1 N–H and O–H groups in total. The van der Waals surface area contributed by atoms with E-state index in [0.717, 1.165) is 36.6 Å². The SMILES string of the molecule is CC(C)c1c(-c2nc(C3CNCCN3C)no2)cnn1-c1ccc(F)cc1. The summed E-state index contributed by atoms with van der Waals surface area (Å²) in [4.78, 5) is 6.86. The Hall–Kier alpha value is -2.58. The van der Waals surface area contributed by atoms with Crippen molar-refractivity contribution in [3.05, 3.63) is 47.8 Å². The first kappa shape index (κ1) is 17.8. The first-order chi connectivity index (χ1) is 13.0. The fourth-order valence-electron chi connectivity index (χ4n) is 3.44. The second-order valence-corrected chi connectivity index (χ2v) is 7.14. The van der Waals surface area contributed by atoms with Gasteiger partial charge in [-0.25, -0.2) is 9.07 Å². The Morgan fingerprint density at radius 2 is 2.04 bits per heavy atom. The van der Waals surface area contributed by atoms with Gasteiger partial charge in [0.15, 0.2) is 5.82 Å². The molecule has 142 valence electrons. The number of nitrogens with zero attached hydrogens (tertiary/aromatic N) is 5. The molecule has 1 aromatic carbocycles. The molecule has 8 heteroatoms. The highest BCUT2D eigenvalue weighted by Gasteiger charge is 2.27. The van der Waals surface area contributed by atoms with Crippen LogP contribution in [0.25, 0.3) is 17.1 Å². The molecule has 0 bridgehead atoms. The Labute approximate surface area is 157 Å². The fourth-order valence-corrected chi connectivity index (χ4v) is 3.44. The average molecular weight is 370 g/mol. The quantitative estimate of drug-likeness (QED) is 0.761. The summed E-state index contributed by atoms with van der Waals surface area (Å²) in [5.74, 6) is 1.02. The highest BCUT2D eigenvalue weighted by Crippen LogP contribution is 2.31. The van der Waals surface area contributed by atoms with Crippen molar-refractivity contribution >= 4 is 0 Å². The lowest BCUT2D eigenvalue weighted by Gasteiger charge is -2.30. The molecule has 1 fully saturated rings. The van der Waals surface area contributed by atoms with Crippen LogP contribution in [-0.2, 0) is 0 Å². The third-order valence-corrected chi connectivity index (χ3v) is 4.91. The molecule has 2 aromatic heterocycles. The van der Waals surface area contributed by atoms with Gasteiger partial charge in [0.2, 0.25) is 0 Å². The third-order valence-electron chi connectivity index (χ3n) is 4.91. The Morgan fingerprint density at radius 3 is 2.74 bits per heavy atom. The van der Waals surface area contributed by atoms with E-state index >= 15 is 0 Å². The largest absolute Gasteiger partial charge is 0.334 e. The van der Waals surface area contributed by atoms with E-state index in [2.05, 4.69) is 46.4 Å². The highest BCUT2D eigenvalue weighted by molar-refractivity contribution is 5.58. The van der Waals surface area contributed by atoms with Crippen LogP contribution < -0.4 is 5.32 Å². The van der Waals surface area contributed by atoms with Crippen LogP contribution in [0.15, 0.2) is 35.0 Å². The zero-order valence-electron chi connectivity index (χ0n) is 15.7. The minimum absolute atomic E-state index is 0.0888. The number of likely N-dealkylation sites (N-methyl/N-ethyl adjacent to an activating group) is 1. The molecule has 1 aliphatic heterocycles. The zero-order valence-corrected chi connectivity index (χ0v) is 15.7. The number of rotatable bonds is 4. The lowest BCUT2D eigenvalue weighted by molar-refractivity contribution is 0.190. The number of hydrogen-bond donors (Lipinski definition) is 1. The smallest absolute Gasteiger partial charge is 0.261 e. The molecule has 4 rings (SSSR count). The van der Waals surface area contributed by atoms with Crippen LogP contribution in [0.3, 0.4) is 0 Å². The number of benzene rings is 1. The van der Waals surface area contributed by atoms with Gasteiger partial charge in [-0.15, -0.1) is 0 Å². The van der Waals surface area contributed by atoms with Crippen molar-refractivity contribution < 1.29 is 8.91 Å². The van der Waals surface area contributed by atoms with Gasteiger partial charge in [-0.1, -0.05) is 19.0 Å². The Morgan fingerprint density at radius 1 is 1.26 bits per heavy atom. The van der Waals surface area contributed by atoms with Crippen LogP contribution in [0.2, 0.25) is 0 Å². The van der Waals surface area contributed by atoms with Crippen molar-refractivity contribution in [1.82, 2.24) is 30.1 Å². The Kier molecular flexibility index (Phi) is 4.75. The summed E-state index contributed by atoms with van der Waals surface area (Å²) in [5.41, 5.74) is 2.55. The summed E-state index contributed by atoms with van der Waals surface area (Å²) in [7, 11) is 2.06. The highest BCUT2D eigenvalue weighted by atomic mass is 19.1. The normalized spacial score (nSPS) is 18.3. The Balaban J connectivity index is 1.71. The lowest BCUT2D eigenvalue weighted by Crippen LogP contribution is -2.44. The summed E-state index contributed by atoms with van der Waals surface area (Å²) in [5, 5.41) is 12.1. The minimum Gasteiger partial charge on any atom is -0.334 e. The third kappa shape index (κ3) is 3.38. The fraction of sp³-hybridized carbons (Fsp3) is 0.421. The van der Waals surface area contributed by atoms with Crippen LogP contribution in [0.4, 0.5) is 4.39 Å². The van der Waals surface area contributed by atoms with E-state index in [1.165, 1.54) is 12.1 Å². The zero-order chi connectivity index (χ0) is 19.0. The molecular weight excluding hydrogens is 347 g/mol. The van der Waals surface area contributed by atoms with Gasteiger partial charge in [0.25, 0.3) is 5.89 Å². The van der Waals surface area contributed by atoms with Gasteiger partial charge in [-0.05, 0) is 37.2 Å². The second-order valence-electron chi connectivity index (χ2n) is 7.14. The van der Waals surface area contributed by atoms with E-state index in [1.807, 2.05) is 0 Å². The average Bonchev–Trinajstić information content (AvgIpc) is 3.29. The van der Waals surface area contributed by atoms with E-state index in [1.54, 1.807) is 23.0 Å². The van der Waals surface area contributed by atoms with Crippen molar-refractivity contribution in [3.8, 4) is 17.1 Å². The van der Waals surface area contributed by atoms with Crippen molar-refractivity contribution in [2.75, 3.05) is 26.7 Å². The number of piperazine rings is 1. The van der Waals surface area contributed by atoms with Gasteiger partial charge in [0.1, 0.15) is 5.82 Å². The number of aromatic nitrogens is 4. The second kappa shape index (κ2) is 7.21. The van der Waals surface area contributed by atoms with Gasteiger partial charge >= 0.3 is 0 Å². The molecule has 1 atom stereocenters. The van der Waals surface area contributed by atoms with E-state index < -0.39 is 0 Å². The number of nitrogens with one attached hydrogen (secondary N) is 1. The molecule has 1 saturated heterocycles. The van der Waals surface area contributed by atoms with Gasteiger partial charge in [-0.3, -0.25) is 4.90 Å². The van der Waals surface area contributed by atoms with Crippen LogP contribution in [0.1, 0.15) is 37.3 Å². The van der Waals surface area contributed by atoms with Gasteiger partial charge in [0.05, 0.1) is 29.2 Å². The van der Waals surface area contributed by atoms with E-state index in [-0.39, 0.29) is 17.8 Å². The monoisotopic (exact) mass is 370 g/mol. The van der Waals surface area contributed by atoms with Gasteiger partial charge < -0.3 is 9.84 Å². The topological polar surface area (TPSA) is 72.0 Å². The molecule has 1 aliphatic rings. The van der Waals surface area contributed by atoms with Crippen molar-refractivity contribution in [3.63, 3.8) is 0 Å². The molecule has 27 heavy (non-hydrogen) atoms. The predicted molar refractivity (Wildman–Crippen MR) is 99.1 cm³/mol. The van der Waals surface area contributed by atoms with Crippen molar-refractivity contribution in [2.45, 2.75) is 25.8 Å². The summed E-state index contributed by atoms with van der Waals surface area (Å²) in [6.45, 7) is 6.85. The van der Waals surface area contributed by atoms with Crippen LogP contribution >= 0.6 is 0 Å². The number of hydrogen-bond acceptors (Lipinski definition) is 6. The first-order valence-electron chi connectivity index (χ1n) is 9.13. The minimum atomic E-state index is -0.274. The molecule has 0 amide bonds. The Bertz CT molecular complexity index is 917. The standard InChI is InChI=1S/C19H23FN6O/c1-12(2)17-15(10-22-26(17)14-6-4-13(20)5-7-14)19-23-18(24-27-19)16-11-21-8-9-25(16)3/h4-7,10,12,16,21H,8-9,11H2,1-3H3. The maximum absolute atomic E-state index is 13.3. The molecule has 0 spiro atoms. The van der Waals surface area contributed by atoms with Crippen LogP contribution in [-0.4, -0.2) is 51.5 Å². The van der Waals surface area contributed by atoms with E-state index in [4.69, 9.17) is 4.52 Å². The lowest BCUT2D eigenvalue weighted by atomic mass is 10.1. The molecule has 3 heterocycles. The maximum atomic E-state index is 13.3. The predicted octanol–water partition coefficient (Wildman–Crippen LogP) is 2.76. The van der Waals surface area contributed by atoms with Crippen molar-refractivity contribution in [2.24, 2.45) is 0 Å². The van der Waals surface area contributed by atoms with Crippen molar-refractivity contribution in [1.29, 1.82) is 0 Å². The van der Waals surface area contributed by atoms with Gasteiger partial charge in [0, 0.05) is 19.6 Å². The molecular formula is C19H23FN6O.